The fourth-order valence-corrected chi connectivity index (χ4v) is 4.70. The lowest BCUT2D eigenvalue weighted by molar-refractivity contribution is -0.211. The Morgan fingerprint density at radius 3 is 2.79 bits per heavy atom. The van der Waals surface area contributed by atoms with Gasteiger partial charge in [0.05, 0.1) is 23.5 Å². The van der Waals surface area contributed by atoms with Crippen LogP contribution >= 0.6 is 11.6 Å². The first-order chi connectivity index (χ1) is 16.3. The third kappa shape index (κ3) is 4.24. The molecule has 9 nitrogen and oxygen atoms in total. The van der Waals surface area contributed by atoms with Crippen LogP contribution in [0.1, 0.15) is 24.2 Å². The molecule has 2 saturated heterocycles. The summed E-state index contributed by atoms with van der Waals surface area (Å²) in [6.45, 7) is 2.80. The van der Waals surface area contributed by atoms with Gasteiger partial charge in [-0.3, -0.25) is 9.36 Å². The molecule has 1 aromatic heterocycles. The van der Waals surface area contributed by atoms with Crippen LogP contribution in [0.2, 0.25) is 5.02 Å². The summed E-state index contributed by atoms with van der Waals surface area (Å²) >= 11 is 5.96. The number of aryl methyl sites for hydroxylation is 1. The molecule has 2 atom stereocenters. The number of fused-ring (bicyclic) bond motifs is 2. The third-order valence-corrected chi connectivity index (χ3v) is 6.64. The Balaban J connectivity index is 1.49. The zero-order valence-corrected chi connectivity index (χ0v) is 19.2. The van der Waals surface area contributed by atoms with Crippen molar-refractivity contribution in [1.29, 1.82) is 0 Å². The van der Waals surface area contributed by atoms with Crippen molar-refractivity contribution in [3.05, 3.63) is 63.2 Å². The van der Waals surface area contributed by atoms with Gasteiger partial charge in [0.25, 0.3) is 5.56 Å². The van der Waals surface area contributed by atoms with E-state index in [2.05, 4.69) is 4.98 Å². The number of nitrogens with zero attached hydrogens (tertiary/aromatic N) is 3. The van der Waals surface area contributed by atoms with Gasteiger partial charge in [0.1, 0.15) is 24.3 Å². The molecule has 176 valence electrons. The zero-order valence-electron chi connectivity index (χ0n) is 18.4. The average molecular weight is 483 g/mol. The van der Waals surface area contributed by atoms with Crippen LogP contribution in [-0.2, 0) is 11.3 Å². The third-order valence-electron chi connectivity index (χ3n) is 6.39. The van der Waals surface area contributed by atoms with Crippen LogP contribution < -0.4 is 20.8 Å². The summed E-state index contributed by atoms with van der Waals surface area (Å²) in [6.07, 6.45) is 0.462. The molecule has 1 amide bonds. The van der Waals surface area contributed by atoms with Gasteiger partial charge < -0.3 is 24.4 Å². The van der Waals surface area contributed by atoms with E-state index in [1.165, 1.54) is 12.1 Å². The summed E-state index contributed by atoms with van der Waals surface area (Å²) in [5.74, 6) is 0.630. The maximum Gasteiger partial charge on any atom is 0.410 e. The highest BCUT2D eigenvalue weighted by Gasteiger charge is 2.39. The molecule has 2 aliphatic heterocycles. The molecule has 0 unspecified atom stereocenters. The molecule has 11 heteroatoms. The highest BCUT2D eigenvalue weighted by Crippen LogP contribution is 2.27. The Labute approximate surface area is 200 Å². The Hall–Kier alpha value is -3.08. The molecule has 0 bridgehead atoms. The minimum Gasteiger partial charge on any atom is -0.853 e. The van der Waals surface area contributed by atoms with Gasteiger partial charge in [-0.1, -0.05) is 23.7 Å². The molecule has 3 aromatic rings. The Bertz CT molecular complexity index is 1310. The maximum atomic E-state index is 13.4. The van der Waals surface area contributed by atoms with Crippen molar-refractivity contribution >= 4 is 41.2 Å². The highest BCUT2D eigenvalue weighted by atomic mass is 35.5. The van der Waals surface area contributed by atoms with E-state index in [0.29, 0.717) is 48.9 Å². The lowest BCUT2D eigenvalue weighted by atomic mass is 9.79. The number of amides is 1. The van der Waals surface area contributed by atoms with E-state index in [1.54, 1.807) is 28.5 Å². The van der Waals surface area contributed by atoms with Crippen molar-refractivity contribution in [3.8, 4) is 5.75 Å². The fraction of sp³-hybridized carbons (Fsp3) is 0.348. The monoisotopic (exact) mass is 482 g/mol. The molecular weight excluding hydrogens is 461 g/mol. The van der Waals surface area contributed by atoms with Crippen LogP contribution in [0.4, 0.5) is 4.79 Å². The number of halogens is 1. The number of hydrogen-bond donors (Lipinski definition) is 1. The minimum absolute atomic E-state index is 0.0235. The van der Waals surface area contributed by atoms with E-state index in [1.807, 2.05) is 12.1 Å². The van der Waals surface area contributed by atoms with Gasteiger partial charge >= 0.3 is 6.09 Å². The number of ether oxygens (including phenoxy) is 2. The number of carbonyl (C=O) groups excluding carboxylic acids is 1. The van der Waals surface area contributed by atoms with Crippen molar-refractivity contribution in [1.82, 2.24) is 14.5 Å². The van der Waals surface area contributed by atoms with Crippen LogP contribution in [0, 0.1) is 6.92 Å². The quantitative estimate of drug-likeness (QED) is 0.535. The van der Waals surface area contributed by atoms with Gasteiger partial charge in [0.15, 0.2) is 0 Å². The summed E-state index contributed by atoms with van der Waals surface area (Å²) in [4.78, 5) is 31.3. The summed E-state index contributed by atoms with van der Waals surface area (Å²) in [7, 11) is -2.05. The van der Waals surface area contributed by atoms with Crippen molar-refractivity contribution in [2.75, 3.05) is 13.2 Å². The van der Waals surface area contributed by atoms with E-state index >= 15 is 0 Å². The molecule has 1 N–H and O–H groups in total. The number of benzene rings is 2. The number of piperidine rings is 1. The Morgan fingerprint density at radius 1 is 1.29 bits per heavy atom. The van der Waals surface area contributed by atoms with Crippen molar-refractivity contribution in [3.63, 3.8) is 0 Å². The lowest BCUT2D eigenvalue weighted by Crippen LogP contribution is -2.47. The summed E-state index contributed by atoms with van der Waals surface area (Å²) < 4.78 is 12.8. The Kier molecular flexibility index (Phi) is 5.97. The standard InChI is InChI=1S/C23H22BClN3O6/c1-13-26-20-10-19(24(31)32)21(34-17-6-7-27-16(8-17)12-33-23(27)30)9-18(20)22(29)28(13)11-14-2-4-15(25)5-3-14/h2-5,9-10,16-17,31H,6-8,11-12H2,1H3/q-1/t16-,17-/m0/s1. The van der Waals surface area contributed by atoms with Gasteiger partial charge in [-0.05, 0) is 42.2 Å². The van der Waals surface area contributed by atoms with Crippen LogP contribution in [0.5, 0.6) is 5.75 Å². The Morgan fingerprint density at radius 2 is 2.06 bits per heavy atom. The van der Waals surface area contributed by atoms with Gasteiger partial charge in [-0.15, -0.1) is 0 Å². The number of hydrogen-bond acceptors (Lipinski definition) is 7. The maximum absolute atomic E-state index is 13.4. The van der Waals surface area contributed by atoms with Gasteiger partial charge in [0.2, 0.25) is 7.12 Å². The van der Waals surface area contributed by atoms with Gasteiger partial charge in [0, 0.05) is 24.4 Å². The first-order valence-corrected chi connectivity index (χ1v) is 11.4. The number of cyclic esters (lactones) is 1. The normalized spacial score (nSPS) is 19.8. The highest BCUT2D eigenvalue weighted by molar-refractivity contribution is 6.58. The summed E-state index contributed by atoms with van der Waals surface area (Å²) in [5, 5.41) is 22.8. The summed E-state index contributed by atoms with van der Waals surface area (Å²) in [5.41, 5.74) is 0.949. The van der Waals surface area contributed by atoms with E-state index in [9.17, 15) is 19.6 Å². The molecule has 5 rings (SSSR count). The predicted molar refractivity (Wildman–Crippen MR) is 124 cm³/mol. The number of rotatable bonds is 5. The van der Waals surface area contributed by atoms with Crippen molar-refractivity contribution in [2.24, 2.45) is 0 Å². The van der Waals surface area contributed by atoms with E-state index < -0.39 is 7.12 Å². The van der Waals surface area contributed by atoms with Gasteiger partial charge in [-0.25, -0.2) is 9.78 Å². The summed E-state index contributed by atoms with van der Waals surface area (Å²) in [6, 6.07) is 10.0. The minimum atomic E-state index is -2.05. The number of aromatic nitrogens is 2. The molecule has 0 radical (unpaired) electrons. The zero-order chi connectivity index (χ0) is 24.0. The molecule has 3 heterocycles. The van der Waals surface area contributed by atoms with E-state index in [-0.39, 0.29) is 40.4 Å². The predicted octanol–water partition coefficient (Wildman–Crippen LogP) is 0.816. The molecule has 2 aromatic carbocycles. The molecule has 2 aliphatic rings. The molecule has 0 saturated carbocycles. The van der Waals surface area contributed by atoms with Crippen LogP contribution in [0.25, 0.3) is 10.9 Å². The average Bonchev–Trinajstić information content (AvgIpc) is 3.18. The lowest BCUT2D eigenvalue weighted by Gasteiger charge is -2.33. The van der Waals surface area contributed by atoms with Crippen LogP contribution in [0.3, 0.4) is 0 Å². The first-order valence-electron chi connectivity index (χ1n) is 11.0. The van der Waals surface area contributed by atoms with Crippen LogP contribution in [-0.4, -0.2) is 58.0 Å². The molecule has 34 heavy (non-hydrogen) atoms. The van der Waals surface area contributed by atoms with Gasteiger partial charge in [-0.2, -0.15) is 0 Å². The molecule has 2 fully saturated rings. The van der Waals surface area contributed by atoms with Crippen molar-refractivity contribution < 1.29 is 24.3 Å². The van der Waals surface area contributed by atoms with Crippen LogP contribution in [0.15, 0.2) is 41.2 Å². The number of carbonyl (C=O) groups is 1. The first kappa shape index (κ1) is 22.7. The molecule has 0 spiro atoms. The second kappa shape index (κ2) is 8.94. The van der Waals surface area contributed by atoms with E-state index in [0.717, 1.165) is 5.56 Å². The fourth-order valence-electron chi connectivity index (χ4n) is 4.58. The topological polar surface area (TPSA) is 117 Å². The molecule has 0 aliphatic carbocycles. The smallest absolute Gasteiger partial charge is 0.410 e. The molecular formula is C23H22BClN3O6-. The van der Waals surface area contributed by atoms with E-state index in [4.69, 9.17) is 21.1 Å². The second-order valence-electron chi connectivity index (χ2n) is 8.62. The SMILES string of the molecule is Cc1nc2cc(B([O-])O)c(O[C@H]3CCN4C(=O)OC[C@@H]4C3)cc2c(=O)n1Cc1ccc(Cl)cc1. The van der Waals surface area contributed by atoms with Crippen molar-refractivity contribution in [2.45, 2.75) is 38.5 Å². The second-order valence-corrected chi connectivity index (χ2v) is 9.06. The largest absolute Gasteiger partial charge is 0.853 e.